The zero-order valence-corrected chi connectivity index (χ0v) is 17.4. The monoisotopic (exact) mass is 369 g/mol. The molecule has 1 N–H and O–H groups in total. The van der Waals surface area contributed by atoms with Crippen molar-refractivity contribution < 1.29 is 9.63 Å². The molecule has 2 aromatic carbocycles. The van der Waals surface area contributed by atoms with E-state index in [1.807, 2.05) is 0 Å². The summed E-state index contributed by atoms with van der Waals surface area (Å²) in [5.41, 5.74) is 0. The highest BCUT2D eigenvalue weighted by Gasteiger charge is 2.52. The van der Waals surface area contributed by atoms with Gasteiger partial charge in [0, 0.05) is 6.54 Å². The van der Waals surface area contributed by atoms with Crippen LogP contribution in [0.15, 0.2) is 60.7 Å². The van der Waals surface area contributed by atoms with Crippen molar-refractivity contribution in [1.29, 1.82) is 0 Å². The molecule has 0 saturated carbocycles. The molecule has 1 heterocycles. The maximum Gasteiger partial charge on any atom is 0.261 e. The first-order chi connectivity index (χ1) is 12.4. The summed E-state index contributed by atoms with van der Waals surface area (Å²) in [4.78, 5) is 0. The number of hydroxylamine groups is 2. The predicted molar refractivity (Wildman–Crippen MR) is 110 cm³/mol. The van der Waals surface area contributed by atoms with E-state index in [4.69, 9.17) is 4.43 Å². The molecule has 26 heavy (non-hydrogen) atoms. The van der Waals surface area contributed by atoms with Crippen LogP contribution in [0, 0.1) is 0 Å². The molecule has 3 rings (SSSR count). The average molecular weight is 370 g/mol. The van der Waals surface area contributed by atoms with Gasteiger partial charge in [0.05, 0.1) is 12.1 Å². The quantitative estimate of drug-likeness (QED) is 0.832. The number of benzene rings is 2. The standard InChI is InChI=1S/C22H31NO2Si/c1-18-21(16-11-17-23(18)24)25-26(22(2,3)4,19-12-7-5-8-13-19)20-14-9-6-10-15-20/h5-10,12-15,18,21,24H,11,16-17H2,1-4H3/t18-,21+/m1/s1. The Morgan fingerprint density at radius 2 is 1.46 bits per heavy atom. The second kappa shape index (κ2) is 7.65. The first-order valence-corrected chi connectivity index (χ1v) is 11.5. The van der Waals surface area contributed by atoms with Gasteiger partial charge >= 0.3 is 0 Å². The van der Waals surface area contributed by atoms with Gasteiger partial charge in [0.1, 0.15) is 0 Å². The molecule has 140 valence electrons. The SMILES string of the molecule is C[C@@H]1[C@@H](O[Si](c2ccccc2)(c2ccccc2)C(C)(C)C)CCCN1O. The normalized spacial score (nSPS) is 22.3. The van der Waals surface area contributed by atoms with Crippen LogP contribution in [0.25, 0.3) is 0 Å². The Hall–Kier alpha value is -1.46. The summed E-state index contributed by atoms with van der Waals surface area (Å²) in [5, 5.41) is 14.3. The Morgan fingerprint density at radius 1 is 0.962 bits per heavy atom. The fraction of sp³-hybridized carbons (Fsp3) is 0.455. The first kappa shape index (κ1) is 19.3. The molecule has 2 aromatic rings. The van der Waals surface area contributed by atoms with E-state index in [0.29, 0.717) is 0 Å². The highest BCUT2D eigenvalue weighted by molar-refractivity contribution is 6.99. The van der Waals surface area contributed by atoms with Crippen LogP contribution in [0.3, 0.4) is 0 Å². The summed E-state index contributed by atoms with van der Waals surface area (Å²) in [7, 11) is -2.55. The van der Waals surface area contributed by atoms with Crippen molar-refractivity contribution in [3.8, 4) is 0 Å². The number of rotatable bonds is 4. The molecule has 1 aliphatic heterocycles. The lowest BCUT2D eigenvalue weighted by atomic mass is 10.0. The number of hydrogen-bond donors (Lipinski definition) is 1. The second-order valence-corrected chi connectivity index (χ2v) is 12.6. The summed E-state index contributed by atoms with van der Waals surface area (Å²) < 4.78 is 7.14. The van der Waals surface area contributed by atoms with E-state index in [2.05, 4.69) is 88.4 Å². The van der Waals surface area contributed by atoms with Gasteiger partial charge in [-0.05, 0) is 35.2 Å². The zero-order valence-electron chi connectivity index (χ0n) is 16.4. The molecule has 0 aliphatic carbocycles. The molecule has 0 unspecified atom stereocenters. The van der Waals surface area contributed by atoms with E-state index in [1.54, 1.807) is 0 Å². The molecule has 1 fully saturated rings. The lowest BCUT2D eigenvalue weighted by molar-refractivity contribution is -0.165. The van der Waals surface area contributed by atoms with E-state index >= 15 is 0 Å². The molecule has 3 nitrogen and oxygen atoms in total. The van der Waals surface area contributed by atoms with Crippen molar-refractivity contribution in [2.45, 2.75) is 57.7 Å². The van der Waals surface area contributed by atoms with Crippen LogP contribution < -0.4 is 10.4 Å². The lowest BCUT2D eigenvalue weighted by Gasteiger charge is -2.48. The summed E-state index contributed by atoms with van der Waals surface area (Å²) in [6.45, 7) is 9.68. The van der Waals surface area contributed by atoms with Crippen LogP contribution in [0.2, 0.25) is 5.04 Å². The van der Waals surface area contributed by atoms with Crippen LogP contribution in [0.1, 0.15) is 40.5 Å². The minimum Gasteiger partial charge on any atom is -0.403 e. The molecule has 1 aliphatic rings. The van der Waals surface area contributed by atoms with Gasteiger partial charge in [0.15, 0.2) is 0 Å². The van der Waals surface area contributed by atoms with Crippen molar-refractivity contribution in [2.75, 3.05) is 6.54 Å². The molecule has 1 saturated heterocycles. The molecule has 0 spiro atoms. The van der Waals surface area contributed by atoms with Crippen molar-refractivity contribution in [3.63, 3.8) is 0 Å². The van der Waals surface area contributed by atoms with Crippen molar-refractivity contribution >= 4 is 18.7 Å². The third-order valence-electron chi connectivity index (χ3n) is 5.63. The van der Waals surface area contributed by atoms with E-state index in [1.165, 1.54) is 15.4 Å². The van der Waals surface area contributed by atoms with E-state index < -0.39 is 8.32 Å². The first-order valence-electron chi connectivity index (χ1n) is 9.60. The van der Waals surface area contributed by atoms with Crippen LogP contribution in [0.4, 0.5) is 0 Å². The fourth-order valence-corrected chi connectivity index (χ4v) is 8.95. The Kier molecular flexibility index (Phi) is 5.68. The van der Waals surface area contributed by atoms with Gasteiger partial charge in [-0.3, -0.25) is 0 Å². The van der Waals surface area contributed by atoms with E-state index in [0.717, 1.165) is 19.4 Å². The topological polar surface area (TPSA) is 32.7 Å². The molecular weight excluding hydrogens is 338 g/mol. The van der Waals surface area contributed by atoms with Crippen LogP contribution >= 0.6 is 0 Å². The van der Waals surface area contributed by atoms with Gasteiger partial charge in [0.25, 0.3) is 8.32 Å². The number of nitrogens with zero attached hydrogens (tertiary/aromatic N) is 1. The fourth-order valence-electron chi connectivity index (χ4n) is 4.17. The largest absolute Gasteiger partial charge is 0.403 e. The molecule has 0 amide bonds. The third-order valence-corrected chi connectivity index (χ3v) is 10.7. The molecule has 4 heteroatoms. The third kappa shape index (κ3) is 3.51. The Labute approximate surface area is 158 Å². The predicted octanol–water partition coefficient (Wildman–Crippen LogP) is 3.81. The zero-order chi connectivity index (χ0) is 18.8. The van der Waals surface area contributed by atoms with Crippen LogP contribution in [-0.2, 0) is 4.43 Å². The number of hydrogen-bond acceptors (Lipinski definition) is 3. The Bertz CT molecular complexity index is 660. The molecule has 2 atom stereocenters. The van der Waals surface area contributed by atoms with Crippen LogP contribution in [0.5, 0.6) is 0 Å². The van der Waals surface area contributed by atoms with Gasteiger partial charge in [0.2, 0.25) is 0 Å². The van der Waals surface area contributed by atoms with Gasteiger partial charge < -0.3 is 9.63 Å². The second-order valence-electron chi connectivity index (χ2n) is 8.37. The van der Waals surface area contributed by atoms with E-state index in [-0.39, 0.29) is 17.2 Å². The average Bonchev–Trinajstić information content (AvgIpc) is 2.63. The molecule has 0 bridgehead atoms. The Morgan fingerprint density at radius 3 is 1.92 bits per heavy atom. The molecular formula is C22H31NO2Si. The molecule has 0 radical (unpaired) electrons. The highest BCUT2D eigenvalue weighted by Crippen LogP contribution is 2.39. The van der Waals surface area contributed by atoms with Crippen molar-refractivity contribution in [2.24, 2.45) is 0 Å². The van der Waals surface area contributed by atoms with Gasteiger partial charge in [-0.25, -0.2) is 0 Å². The summed E-state index contributed by atoms with van der Waals surface area (Å²) >= 11 is 0. The minimum atomic E-state index is -2.55. The number of piperidine rings is 1. The van der Waals surface area contributed by atoms with Gasteiger partial charge in [-0.2, -0.15) is 5.06 Å². The Balaban J connectivity index is 2.14. The summed E-state index contributed by atoms with van der Waals surface area (Å²) in [5.74, 6) is 0. The maximum atomic E-state index is 10.3. The van der Waals surface area contributed by atoms with Gasteiger partial charge in [-0.1, -0.05) is 81.4 Å². The molecule has 0 aromatic heterocycles. The highest BCUT2D eigenvalue weighted by atomic mass is 28.4. The van der Waals surface area contributed by atoms with Crippen LogP contribution in [-0.4, -0.2) is 37.3 Å². The summed E-state index contributed by atoms with van der Waals surface area (Å²) in [6.07, 6.45) is 1.98. The van der Waals surface area contributed by atoms with Gasteiger partial charge in [-0.15, -0.1) is 0 Å². The van der Waals surface area contributed by atoms with E-state index in [9.17, 15) is 5.21 Å². The summed E-state index contributed by atoms with van der Waals surface area (Å²) in [6, 6.07) is 21.4. The maximum absolute atomic E-state index is 10.3. The van der Waals surface area contributed by atoms with Crippen molar-refractivity contribution in [1.82, 2.24) is 5.06 Å². The minimum absolute atomic E-state index is 0.00500. The van der Waals surface area contributed by atoms with Crippen molar-refractivity contribution in [3.05, 3.63) is 60.7 Å². The smallest absolute Gasteiger partial charge is 0.261 e. The lowest BCUT2D eigenvalue weighted by Crippen LogP contribution is -2.69.